The van der Waals surface area contributed by atoms with Crippen LogP contribution >= 0.6 is 11.6 Å². The van der Waals surface area contributed by atoms with E-state index < -0.39 is 0 Å². The Bertz CT molecular complexity index is 1260. The SMILES string of the molecule is Cn1nc(-c2cnc3[nH]cc(C(=O)N[C@H]4CCC[C@H](O)C4)c3n2)c2ccc(Cl)cc21. The lowest BCUT2D eigenvalue weighted by molar-refractivity contribution is 0.0851. The molecular formula is C21H21ClN6O2. The molecule has 0 bridgehead atoms. The van der Waals surface area contributed by atoms with Gasteiger partial charge in [-0.2, -0.15) is 5.10 Å². The van der Waals surface area contributed by atoms with Crippen molar-refractivity contribution < 1.29 is 9.90 Å². The molecule has 3 heterocycles. The first kappa shape index (κ1) is 19.0. The van der Waals surface area contributed by atoms with Gasteiger partial charge in [-0.1, -0.05) is 11.6 Å². The zero-order valence-corrected chi connectivity index (χ0v) is 17.1. The van der Waals surface area contributed by atoms with Gasteiger partial charge in [0.05, 0.1) is 23.4 Å². The Morgan fingerprint density at radius 2 is 2.23 bits per heavy atom. The Morgan fingerprint density at radius 1 is 1.37 bits per heavy atom. The molecule has 154 valence electrons. The van der Waals surface area contributed by atoms with Crippen molar-refractivity contribution in [2.45, 2.75) is 37.8 Å². The van der Waals surface area contributed by atoms with Crippen LogP contribution in [0.3, 0.4) is 0 Å². The summed E-state index contributed by atoms with van der Waals surface area (Å²) in [5, 5.41) is 19.0. The number of hydrogen-bond acceptors (Lipinski definition) is 5. The van der Waals surface area contributed by atoms with E-state index in [0.717, 1.165) is 30.2 Å². The summed E-state index contributed by atoms with van der Waals surface area (Å²) in [5.74, 6) is -0.218. The predicted octanol–water partition coefficient (Wildman–Crippen LogP) is 3.20. The lowest BCUT2D eigenvalue weighted by atomic mass is 9.93. The molecule has 8 nitrogen and oxygen atoms in total. The Labute approximate surface area is 177 Å². The summed E-state index contributed by atoms with van der Waals surface area (Å²) in [5.41, 5.74) is 3.62. The molecule has 0 radical (unpaired) electrons. The van der Waals surface area contributed by atoms with Crippen LogP contribution in [-0.4, -0.2) is 47.9 Å². The third kappa shape index (κ3) is 3.32. The number of nitrogens with one attached hydrogen (secondary N) is 2. The van der Waals surface area contributed by atoms with Gasteiger partial charge in [-0.15, -0.1) is 0 Å². The van der Waals surface area contributed by atoms with Crippen molar-refractivity contribution in [2.75, 3.05) is 0 Å². The lowest BCUT2D eigenvalue weighted by Crippen LogP contribution is -2.39. The quantitative estimate of drug-likeness (QED) is 0.468. The molecule has 3 aromatic heterocycles. The number of rotatable bonds is 3. The van der Waals surface area contributed by atoms with Crippen LogP contribution in [0.2, 0.25) is 5.02 Å². The van der Waals surface area contributed by atoms with Crippen molar-refractivity contribution >= 4 is 39.6 Å². The summed E-state index contributed by atoms with van der Waals surface area (Å²) in [4.78, 5) is 25.0. The smallest absolute Gasteiger partial charge is 0.255 e. The summed E-state index contributed by atoms with van der Waals surface area (Å²) >= 11 is 6.12. The molecule has 1 amide bonds. The number of nitrogens with zero attached hydrogens (tertiary/aromatic N) is 4. The molecule has 0 unspecified atom stereocenters. The van der Waals surface area contributed by atoms with Crippen LogP contribution in [0.5, 0.6) is 0 Å². The molecule has 1 aliphatic carbocycles. The number of fused-ring (bicyclic) bond motifs is 2. The molecular weight excluding hydrogens is 404 g/mol. The minimum absolute atomic E-state index is 0.0353. The van der Waals surface area contributed by atoms with Crippen molar-refractivity contribution in [3.8, 4) is 11.4 Å². The zero-order chi connectivity index (χ0) is 20.8. The molecule has 30 heavy (non-hydrogen) atoms. The van der Waals surface area contributed by atoms with E-state index in [9.17, 15) is 9.90 Å². The summed E-state index contributed by atoms with van der Waals surface area (Å²) in [6.07, 6.45) is 6.05. The van der Waals surface area contributed by atoms with E-state index in [1.165, 1.54) is 0 Å². The van der Waals surface area contributed by atoms with Crippen LogP contribution in [0.1, 0.15) is 36.0 Å². The second kappa shape index (κ2) is 7.37. The molecule has 0 saturated heterocycles. The van der Waals surface area contributed by atoms with Crippen LogP contribution in [0, 0.1) is 0 Å². The Balaban J connectivity index is 1.51. The third-order valence-corrected chi connectivity index (χ3v) is 5.90. The van der Waals surface area contributed by atoms with Crippen molar-refractivity contribution in [1.29, 1.82) is 0 Å². The van der Waals surface area contributed by atoms with E-state index in [4.69, 9.17) is 16.6 Å². The topological polar surface area (TPSA) is 109 Å². The molecule has 9 heteroatoms. The summed E-state index contributed by atoms with van der Waals surface area (Å²) in [6, 6.07) is 5.54. The molecule has 2 atom stereocenters. The first-order valence-corrected chi connectivity index (χ1v) is 10.3. The minimum atomic E-state index is -0.357. The van der Waals surface area contributed by atoms with E-state index in [-0.39, 0.29) is 18.1 Å². The number of aromatic amines is 1. The second-order valence-corrected chi connectivity index (χ2v) is 8.22. The number of aliphatic hydroxyl groups is 1. The molecule has 1 saturated carbocycles. The monoisotopic (exact) mass is 424 g/mol. The van der Waals surface area contributed by atoms with Gasteiger partial charge in [-0.3, -0.25) is 9.48 Å². The van der Waals surface area contributed by atoms with Crippen molar-refractivity contribution in [3.63, 3.8) is 0 Å². The number of benzene rings is 1. The van der Waals surface area contributed by atoms with Crippen LogP contribution in [0.15, 0.2) is 30.6 Å². The van der Waals surface area contributed by atoms with E-state index in [0.29, 0.717) is 39.6 Å². The molecule has 4 aromatic rings. The van der Waals surface area contributed by atoms with Gasteiger partial charge in [0, 0.05) is 29.7 Å². The average molecular weight is 425 g/mol. The Morgan fingerprint density at radius 3 is 3.07 bits per heavy atom. The number of halogens is 1. The number of aryl methyl sites for hydroxylation is 1. The van der Waals surface area contributed by atoms with E-state index in [2.05, 4.69) is 20.4 Å². The fourth-order valence-corrected chi connectivity index (χ4v) is 4.32. The molecule has 3 N–H and O–H groups in total. The highest BCUT2D eigenvalue weighted by atomic mass is 35.5. The van der Waals surface area contributed by atoms with Gasteiger partial charge in [0.2, 0.25) is 0 Å². The maximum Gasteiger partial charge on any atom is 0.255 e. The Hall–Kier alpha value is -2.97. The largest absolute Gasteiger partial charge is 0.393 e. The molecule has 1 aromatic carbocycles. The minimum Gasteiger partial charge on any atom is -0.393 e. The summed E-state index contributed by atoms with van der Waals surface area (Å²) in [6.45, 7) is 0. The summed E-state index contributed by atoms with van der Waals surface area (Å²) in [7, 11) is 1.85. The predicted molar refractivity (Wildman–Crippen MR) is 114 cm³/mol. The Kier molecular flexibility index (Phi) is 4.67. The standard InChI is InChI=1S/C21H21ClN6O2/c1-28-17-7-11(22)5-6-14(17)18(27-28)16-10-24-20-19(26-16)15(9-23-20)21(30)25-12-3-2-4-13(29)8-12/h5-7,9-10,12-13,29H,2-4,8H2,1H3,(H,23,24)(H,25,30)/t12-,13-/m0/s1. The fourth-order valence-electron chi connectivity index (χ4n) is 4.16. The number of amides is 1. The van der Waals surface area contributed by atoms with E-state index >= 15 is 0 Å². The molecule has 0 aliphatic heterocycles. The van der Waals surface area contributed by atoms with E-state index in [1.54, 1.807) is 17.1 Å². The van der Waals surface area contributed by atoms with Crippen LogP contribution in [0.25, 0.3) is 33.5 Å². The highest BCUT2D eigenvalue weighted by Crippen LogP contribution is 2.29. The number of carbonyl (C=O) groups excluding carboxylic acids is 1. The van der Waals surface area contributed by atoms with Crippen molar-refractivity contribution in [2.24, 2.45) is 7.05 Å². The number of aromatic nitrogens is 5. The van der Waals surface area contributed by atoms with Gasteiger partial charge in [-0.25, -0.2) is 9.97 Å². The van der Waals surface area contributed by atoms with Gasteiger partial charge in [0.1, 0.15) is 16.9 Å². The number of hydrogen-bond donors (Lipinski definition) is 3. The first-order chi connectivity index (χ1) is 14.5. The van der Waals surface area contributed by atoms with Crippen LogP contribution in [-0.2, 0) is 7.05 Å². The molecule has 1 fully saturated rings. The van der Waals surface area contributed by atoms with Gasteiger partial charge < -0.3 is 15.4 Å². The second-order valence-electron chi connectivity index (χ2n) is 7.78. The third-order valence-electron chi connectivity index (χ3n) is 5.66. The lowest BCUT2D eigenvalue weighted by Gasteiger charge is -2.26. The van der Waals surface area contributed by atoms with Gasteiger partial charge in [0.25, 0.3) is 5.91 Å². The zero-order valence-electron chi connectivity index (χ0n) is 16.4. The van der Waals surface area contributed by atoms with Gasteiger partial charge in [0.15, 0.2) is 5.65 Å². The van der Waals surface area contributed by atoms with Gasteiger partial charge >= 0.3 is 0 Å². The van der Waals surface area contributed by atoms with Gasteiger partial charge in [-0.05, 0) is 43.9 Å². The molecule has 0 spiro atoms. The highest BCUT2D eigenvalue weighted by molar-refractivity contribution is 6.31. The fraction of sp³-hybridized carbons (Fsp3) is 0.333. The normalized spacial score (nSPS) is 19.4. The average Bonchev–Trinajstić information content (AvgIpc) is 3.29. The number of carbonyl (C=O) groups is 1. The van der Waals surface area contributed by atoms with Crippen LogP contribution < -0.4 is 5.32 Å². The maximum atomic E-state index is 12.9. The highest BCUT2D eigenvalue weighted by Gasteiger charge is 2.24. The van der Waals surface area contributed by atoms with E-state index in [1.807, 2.05) is 25.2 Å². The number of aliphatic hydroxyl groups excluding tert-OH is 1. The first-order valence-electron chi connectivity index (χ1n) is 9.95. The van der Waals surface area contributed by atoms with Crippen molar-refractivity contribution in [3.05, 3.63) is 41.2 Å². The van der Waals surface area contributed by atoms with Crippen LogP contribution in [0.4, 0.5) is 0 Å². The summed E-state index contributed by atoms with van der Waals surface area (Å²) < 4.78 is 1.75. The molecule has 1 aliphatic rings. The van der Waals surface area contributed by atoms with Crippen molar-refractivity contribution in [1.82, 2.24) is 30.0 Å². The maximum absolute atomic E-state index is 12.9. The molecule has 5 rings (SSSR count). The number of H-pyrrole nitrogens is 1.